The highest BCUT2D eigenvalue weighted by Gasteiger charge is 2.29. The maximum absolute atomic E-state index is 7.38. The molecule has 1 aromatic rings. The minimum atomic E-state index is 0.0281. The molecule has 0 spiro atoms. The van der Waals surface area contributed by atoms with E-state index in [9.17, 15) is 0 Å². The highest BCUT2D eigenvalue weighted by molar-refractivity contribution is 5.93. The van der Waals surface area contributed by atoms with Gasteiger partial charge in [0.2, 0.25) is 0 Å². The number of nitrogen functional groups attached to an aromatic ring is 1. The summed E-state index contributed by atoms with van der Waals surface area (Å²) in [5, 5.41) is 7.38. The number of anilines is 1. The van der Waals surface area contributed by atoms with Gasteiger partial charge in [0.15, 0.2) is 0 Å². The molecule has 1 fully saturated rings. The fraction of sp³-hybridized carbons (Fsp3) is 0.500. The Balaban J connectivity index is 2.22. The number of nitrogens with one attached hydrogen (secondary N) is 1. The van der Waals surface area contributed by atoms with Gasteiger partial charge in [0, 0.05) is 13.1 Å². The quantitative estimate of drug-likeness (QED) is 0.585. The SMILES string of the molecule is CC1(C)CCN(c2cccc(C(=N)N)n2)C1. The van der Waals surface area contributed by atoms with Gasteiger partial charge in [-0.05, 0) is 24.0 Å². The summed E-state index contributed by atoms with van der Waals surface area (Å²) in [5.41, 5.74) is 6.35. The van der Waals surface area contributed by atoms with E-state index in [0.717, 1.165) is 18.9 Å². The third kappa shape index (κ3) is 2.15. The number of aromatic nitrogens is 1. The van der Waals surface area contributed by atoms with Gasteiger partial charge < -0.3 is 10.6 Å². The van der Waals surface area contributed by atoms with Crippen molar-refractivity contribution in [3.63, 3.8) is 0 Å². The summed E-state index contributed by atoms with van der Waals surface area (Å²) in [5.74, 6) is 0.957. The van der Waals surface area contributed by atoms with Gasteiger partial charge in [-0.2, -0.15) is 0 Å². The van der Waals surface area contributed by atoms with Gasteiger partial charge in [-0.3, -0.25) is 5.41 Å². The Kier molecular flexibility index (Phi) is 2.58. The minimum Gasteiger partial charge on any atom is -0.382 e. The largest absolute Gasteiger partial charge is 0.382 e. The fourth-order valence-corrected chi connectivity index (χ4v) is 2.06. The zero-order valence-corrected chi connectivity index (χ0v) is 9.83. The smallest absolute Gasteiger partial charge is 0.141 e. The Labute approximate surface area is 96.0 Å². The van der Waals surface area contributed by atoms with Crippen molar-refractivity contribution in [1.82, 2.24) is 4.98 Å². The summed E-state index contributed by atoms with van der Waals surface area (Å²) in [6.07, 6.45) is 1.18. The van der Waals surface area contributed by atoms with Crippen molar-refractivity contribution in [2.75, 3.05) is 18.0 Å². The van der Waals surface area contributed by atoms with Gasteiger partial charge >= 0.3 is 0 Å². The Morgan fingerprint density at radius 2 is 2.25 bits per heavy atom. The highest BCUT2D eigenvalue weighted by Crippen LogP contribution is 2.31. The normalized spacial score (nSPS) is 18.8. The Morgan fingerprint density at radius 1 is 1.50 bits per heavy atom. The van der Waals surface area contributed by atoms with Crippen LogP contribution in [-0.4, -0.2) is 23.9 Å². The summed E-state index contributed by atoms with van der Waals surface area (Å²) >= 11 is 0. The summed E-state index contributed by atoms with van der Waals surface area (Å²) in [6, 6.07) is 5.66. The van der Waals surface area contributed by atoms with Crippen LogP contribution in [0.2, 0.25) is 0 Å². The molecule has 86 valence electrons. The van der Waals surface area contributed by atoms with Crippen LogP contribution in [0.1, 0.15) is 26.0 Å². The maximum atomic E-state index is 7.38. The van der Waals surface area contributed by atoms with Crippen molar-refractivity contribution in [2.24, 2.45) is 11.1 Å². The van der Waals surface area contributed by atoms with Crippen molar-refractivity contribution in [3.05, 3.63) is 23.9 Å². The lowest BCUT2D eigenvalue weighted by molar-refractivity contribution is 0.418. The van der Waals surface area contributed by atoms with Gasteiger partial charge in [-0.25, -0.2) is 4.98 Å². The lowest BCUT2D eigenvalue weighted by Crippen LogP contribution is -2.24. The van der Waals surface area contributed by atoms with E-state index in [1.807, 2.05) is 12.1 Å². The van der Waals surface area contributed by atoms with Gasteiger partial charge in [0.25, 0.3) is 0 Å². The number of hydrogen-bond donors (Lipinski definition) is 2. The zero-order valence-electron chi connectivity index (χ0n) is 9.83. The molecule has 0 bridgehead atoms. The third-order valence-electron chi connectivity index (χ3n) is 3.01. The predicted octanol–water partition coefficient (Wildman–Crippen LogP) is 1.60. The highest BCUT2D eigenvalue weighted by atomic mass is 15.2. The van der Waals surface area contributed by atoms with Crippen LogP contribution >= 0.6 is 0 Å². The molecule has 0 unspecified atom stereocenters. The van der Waals surface area contributed by atoms with Crippen LogP contribution in [0.5, 0.6) is 0 Å². The lowest BCUT2D eigenvalue weighted by Gasteiger charge is -2.20. The molecule has 0 aromatic carbocycles. The van der Waals surface area contributed by atoms with E-state index in [-0.39, 0.29) is 5.84 Å². The molecule has 4 heteroatoms. The van der Waals surface area contributed by atoms with Crippen LogP contribution < -0.4 is 10.6 Å². The van der Waals surface area contributed by atoms with E-state index in [4.69, 9.17) is 11.1 Å². The number of rotatable bonds is 2. The van der Waals surface area contributed by atoms with E-state index < -0.39 is 0 Å². The molecule has 1 aliphatic heterocycles. The summed E-state index contributed by atoms with van der Waals surface area (Å²) in [4.78, 5) is 6.65. The van der Waals surface area contributed by atoms with Crippen LogP contribution in [-0.2, 0) is 0 Å². The van der Waals surface area contributed by atoms with Crippen molar-refractivity contribution >= 4 is 11.7 Å². The summed E-state index contributed by atoms with van der Waals surface area (Å²) < 4.78 is 0. The van der Waals surface area contributed by atoms with E-state index in [0.29, 0.717) is 11.1 Å². The van der Waals surface area contributed by atoms with Crippen LogP contribution in [0.15, 0.2) is 18.2 Å². The molecule has 0 radical (unpaired) electrons. The first kappa shape index (κ1) is 10.9. The molecule has 0 amide bonds. The molecule has 0 atom stereocenters. The monoisotopic (exact) mass is 218 g/mol. The van der Waals surface area contributed by atoms with Gasteiger partial charge in [0.05, 0.1) is 0 Å². The van der Waals surface area contributed by atoms with E-state index in [1.54, 1.807) is 6.07 Å². The first-order valence-electron chi connectivity index (χ1n) is 5.54. The molecule has 2 rings (SSSR count). The first-order valence-corrected chi connectivity index (χ1v) is 5.54. The van der Waals surface area contributed by atoms with Crippen molar-refractivity contribution < 1.29 is 0 Å². The molecule has 1 aliphatic rings. The van der Waals surface area contributed by atoms with Crippen LogP contribution in [0.25, 0.3) is 0 Å². The molecule has 0 aliphatic carbocycles. The molecule has 4 nitrogen and oxygen atoms in total. The van der Waals surface area contributed by atoms with Crippen LogP contribution in [0, 0.1) is 10.8 Å². The van der Waals surface area contributed by atoms with Crippen LogP contribution in [0.3, 0.4) is 0 Å². The van der Waals surface area contributed by atoms with Crippen molar-refractivity contribution in [3.8, 4) is 0 Å². The third-order valence-corrected chi connectivity index (χ3v) is 3.01. The number of pyridine rings is 1. The second-order valence-corrected chi connectivity index (χ2v) is 5.13. The number of amidine groups is 1. The van der Waals surface area contributed by atoms with E-state index >= 15 is 0 Å². The Morgan fingerprint density at radius 3 is 2.81 bits per heavy atom. The second-order valence-electron chi connectivity index (χ2n) is 5.13. The Hall–Kier alpha value is -1.58. The second kappa shape index (κ2) is 3.77. The number of nitrogens with two attached hydrogens (primary N) is 1. The van der Waals surface area contributed by atoms with Gasteiger partial charge in [0.1, 0.15) is 17.3 Å². The molecular formula is C12H18N4. The molecule has 3 N–H and O–H groups in total. The topological polar surface area (TPSA) is 66.0 Å². The standard InChI is InChI=1S/C12H18N4/c1-12(2)6-7-16(8-12)10-5-3-4-9(15-10)11(13)14/h3-5H,6-8H2,1-2H3,(H3,13,14). The van der Waals surface area contributed by atoms with Crippen molar-refractivity contribution in [1.29, 1.82) is 5.41 Å². The minimum absolute atomic E-state index is 0.0281. The lowest BCUT2D eigenvalue weighted by atomic mass is 9.93. The number of nitrogens with zero attached hydrogens (tertiary/aromatic N) is 2. The van der Waals surface area contributed by atoms with E-state index in [1.165, 1.54) is 6.42 Å². The summed E-state index contributed by atoms with van der Waals surface area (Å²) in [7, 11) is 0. The van der Waals surface area contributed by atoms with E-state index in [2.05, 4.69) is 23.7 Å². The predicted molar refractivity (Wildman–Crippen MR) is 65.9 cm³/mol. The fourth-order valence-electron chi connectivity index (χ4n) is 2.06. The van der Waals surface area contributed by atoms with Gasteiger partial charge in [-0.15, -0.1) is 0 Å². The molecule has 1 saturated heterocycles. The summed E-state index contributed by atoms with van der Waals surface area (Å²) in [6.45, 7) is 6.58. The zero-order chi connectivity index (χ0) is 11.8. The molecular weight excluding hydrogens is 200 g/mol. The van der Waals surface area contributed by atoms with Crippen molar-refractivity contribution in [2.45, 2.75) is 20.3 Å². The Bertz CT molecular complexity index is 411. The number of hydrogen-bond acceptors (Lipinski definition) is 3. The molecule has 1 aromatic heterocycles. The first-order chi connectivity index (χ1) is 7.48. The van der Waals surface area contributed by atoms with Gasteiger partial charge in [-0.1, -0.05) is 19.9 Å². The van der Waals surface area contributed by atoms with Crippen LogP contribution in [0.4, 0.5) is 5.82 Å². The average molecular weight is 218 g/mol. The maximum Gasteiger partial charge on any atom is 0.141 e. The molecule has 0 saturated carbocycles. The molecule has 2 heterocycles. The molecule has 16 heavy (non-hydrogen) atoms. The average Bonchev–Trinajstić information content (AvgIpc) is 2.59.